The third kappa shape index (κ3) is 3.61. The second-order valence-electron chi connectivity index (χ2n) is 3.55. The maximum Gasteiger partial charge on any atom is 0.416 e. The van der Waals surface area contributed by atoms with Crippen LogP contribution in [0.3, 0.4) is 0 Å². The van der Waals surface area contributed by atoms with Crippen LogP contribution < -0.4 is 0 Å². The topological polar surface area (TPSA) is 12.9 Å². The number of nitrogens with zero attached hydrogens (tertiary/aromatic N) is 1. The molecule has 1 nitrogen and oxygen atoms in total. The minimum absolute atomic E-state index is 0.00933. The van der Waals surface area contributed by atoms with E-state index in [4.69, 9.17) is 11.6 Å². The summed E-state index contributed by atoms with van der Waals surface area (Å²) in [6.07, 6.45) is -4.52. The maximum absolute atomic E-state index is 13.4. The van der Waals surface area contributed by atoms with Crippen molar-refractivity contribution in [1.82, 2.24) is 4.98 Å². The van der Waals surface area contributed by atoms with Crippen LogP contribution in [0.5, 0.6) is 0 Å². The summed E-state index contributed by atoms with van der Waals surface area (Å²) in [5.74, 6) is -0.525. The van der Waals surface area contributed by atoms with Gasteiger partial charge in [0.1, 0.15) is 16.0 Å². The first-order valence-corrected chi connectivity index (χ1v) is 6.23. The molecule has 0 aliphatic rings. The lowest BCUT2D eigenvalue weighted by Crippen LogP contribution is -2.05. The van der Waals surface area contributed by atoms with Gasteiger partial charge in [0.05, 0.1) is 5.56 Å². The molecule has 0 saturated carbocycles. The minimum Gasteiger partial charge on any atom is -0.229 e. The summed E-state index contributed by atoms with van der Waals surface area (Å²) < 4.78 is 51.2. The van der Waals surface area contributed by atoms with Crippen molar-refractivity contribution >= 4 is 23.4 Å². The number of hydrogen-bond donors (Lipinski definition) is 0. The summed E-state index contributed by atoms with van der Waals surface area (Å²) in [4.78, 5) is 3.93. The lowest BCUT2D eigenvalue weighted by molar-refractivity contribution is -0.137. The highest BCUT2D eigenvalue weighted by molar-refractivity contribution is 7.99. The van der Waals surface area contributed by atoms with Gasteiger partial charge in [0.15, 0.2) is 0 Å². The molecule has 0 aliphatic heterocycles. The fourth-order valence-electron chi connectivity index (χ4n) is 1.33. The Balaban J connectivity index is 2.36. The van der Waals surface area contributed by atoms with Crippen LogP contribution in [0, 0.1) is 5.82 Å². The number of alkyl halides is 3. The van der Waals surface area contributed by atoms with E-state index in [0.29, 0.717) is 0 Å². The van der Waals surface area contributed by atoms with Crippen molar-refractivity contribution in [2.75, 3.05) is 0 Å². The molecule has 19 heavy (non-hydrogen) atoms. The molecule has 1 heterocycles. The molecule has 7 heteroatoms. The average Bonchev–Trinajstić information content (AvgIpc) is 2.30. The van der Waals surface area contributed by atoms with Gasteiger partial charge in [-0.1, -0.05) is 35.5 Å². The van der Waals surface area contributed by atoms with E-state index in [1.54, 1.807) is 6.07 Å². The van der Waals surface area contributed by atoms with Crippen molar-refractivity contribution in [1.29, 1.82) is 0 Å². The predicted molar refractivity (Wildman–Crippen MR) is 64.8 cm³/mol. The normalized spacial score (nSPS) is 11.6. The summed E-state index contributed by atoms with van der Waals surface area (Å²) in [5.41, 5.74) is -0.911. The maximum atomic E-state index is 13.4. The molecule has 0 amide bonds. The molecule has 0 unspecified atom stereocenters. The molecule has 0 spiro atoms. The van der Waals surface area contributed by atoms with Gasteiger partial charge < -0.3 is 0 Å². The lowest BCUT2D eigenvalue weighted by atomic mass is 10.3. The van der Waals surface area contributed by atoms with E-state index in [2.05, 4.69) is 4.98 Å². The smallest absolute Gasteiger partial charge is 0.229 e. The zero-order valence-corrected chi connectivity index (χ0v) is 10.8. The van der Waals surface area contributed by atoms with Crippen molar-refractivity contribution < 1.29 is 17.6 Å². The molecule has 0 bridgehead atoms. The quantitative estimate of drug-likeness (QED) is 0.569. The van der Waals surface area contributed by atoms with Gasteiger partial charge in [-0.2, -0.15) is 13.2 Å². The molecular formula is C12H6ClF4NS. The van der Waals surface area contributed by atoms with E-state index in [9.17, 15) is 17.6 Å². The molecule has 0 fully saturated rings. The van der Waals surface area contributed by atoms with Crippen LogP contribution in [0.15, 0.2) is 46.3 Å². The number of halogens is 5. The van der Waals surface area contributed by atoms with Crippen LogP contribution in [0.4, 0.5) is 17.6 Å². The van der Waals surface area contributed by atoms with Crippen molar-refractivity contribution in [2.24, 2.45) is 0 Å². The highest BCUT2D eigenvalue weighted by Gasteiger charge is 2.31. The van der Waals surface area contributed by atoms with Gasteiger partial charge in [0, 0.05) is 4.90 Å². The fourth-order valence-corrected chi connectivity index (χ4v) is 2.46. The van der Waals surface area contributed by atoms with Crippen LogP contribution in [0.2, 0.25) is 5.15 Å². The Hall–Kier alpha value is -1.27. The monoisotopic (exact) mass is 307 g/mol. The summed E-state index contributed by atoms with van der Waals surface area (Å²) in [6, 6.07) is 7.32. The predicted octanol–water partition coefficient (Wildman–Crippen LogP) is 5.04. The molecule has 0 radical (unpaired) electrons. The van der Waals surface area contributed by atoms with Gasteiger partial charge in [-0.15, -0.1) is 0 Å². The van der Waals surface area contributed by atoms with Crippen molar-refractivity contribution in [3.63, 3.8) is 0 Å². The molecule has 2 rings (SSSR count). The fraction of sp³-hybridized carbons (Fsp3) is 0.0833. The lowest BCUT2D eigenvalue weighted by Gasteiger charge is -2.09. The van der Waals surface area contributed by atoms with E-state index in [1.807, 2.05) is 0 Å². The second-order valence-corrected chi connectivity index (χ2v) is 5.00. The molecule has 2 aromatic rings. The highest BCUT2D eigenvalue weighted by atomic mass is 35.5. The first-order chi connectivity index (χ1) is 8.86. The van der Waals surface area contributed by atoms with Gasteiger partial charge in [-0.3, -0.25) is 0 Å². The Bertz CT molecular complexity index is 601. The van der Waals surface area contributed by atoms with Crippen molar-refractivity contribution in [3.05, 3.63) is 52.9 Å². The second kappa shape index (κ2) is 5.38. The molecule has 1 aromatic heterocycles. The Kier molecular flexibility index (Phi) is 4.01. The Morgan fingerprint density at radius 3 is 2.42 bits per heavy atom. The zero-order chi connectivity index (χ0) is 14.0. The van der Waals surface area contributed by atoms with Crippen LogP contribution in [-0.2, 0) is 6.18 Å². The summed E-state index contributed by atoms with van der Waals surface area (Å²) >= 11 is 6.33. The van der Waals surface area contributed by atoms with Crippen LogP contribution in [-0.4, -0.2) is 4.98 Å². The molecule has 100 valence electrons. The minimum atomic E-state index is -4.52. The van der Waals surface area contributed by atoms with Crippen LogP contribution >= 0.6 is 23.4 Å². The van der Waals surface area contributed by atoms with Crippen molar-refractivity contribution in [3.8, 4) is 0 Å². The van der Waals surface area contributed by atoms with Gasteiger partial charge in [-0.25, -0.2) is 9.37 Å². The van der Waals surface area contributed by atoms with Gasteiger partial charge in [0.2, 0.25) is 0 Å². The third-order valence-electron chi connectivity index (χ3n) is 2.15. The van der Waals surface area contributed by atoms with E-state index >= 15 is 0 Å². The van der Waals surface area contributed by atoms with Crippen LogP contribution in [0.1, 0.15) is 5.56 Å². The summed E-state index contributed by atoms with van der Waals surface area (Å²) in [7, 11) is 0. The number of benzene rings is 1. The van der Waals surface area contributed by atoms with Gasteiger partial charge >= 0.3 is 6.18 Å². The average molecular weight is 308 g/mol. The van der Waals surface area contributed by atoms with Crippen LogP contribution in [0.25, 0.3) is 0 Å². The molecule has 1 aromatic carbocycles. The zero-order valence-electron chi connectivity index (χ0n) is 9.21. The molecular weight excluding hydrogens is 302 g/mol. The van der Waals surface area contributed by atoms with Gasteiger partial charge in [0.25, 0.3) is 0 Å². The first-order valence-electron chi connectivity index (χ1n) is 5.03. The molecule has 0 atom stereocenters. The molecule has 0 aliphatic carbocycles. The van der Waals surface area contributed by atoms with E-state index < -0.39 is 17.6 Å². The number of pyridine rings is 1. The number of aromatic nitrogens is 1. The largest absolute Gasteiger partial charge is 0.416 e. The number of hydrogen-bond acceptors (Lipinski definition) is 2. The molecule has 0 saturated heterocycles. The Morgan fingerprint density at radius 2 is 1.79 bits per heavy atom. The Labute approximate surface area is 115 Å². The van der Waals surface area contributed by atoms with Crippen molar-refractivity contribution in [2.45, 2.75) is 16.1 Å². The summed E-state index contributed by atoms with van der Waals surface area (Å²) in [6.45, 7) is 0. The SMILES string of the molecule is Fc1ccccc1Sc1cc(C(F)(F)F)cc(Cl)n1. The van der Waals surface area contributed by atoms with E-state index in [1.165, 1.54) is 18.2 Å². The van der Waals surface area contributed by atoms with E-state index in [-0.39, 0.29) is 15.1 Å². The first kappa shape index (κ1) is 14.1. The third-order valence-corrected chi connectivity index (χ3v) is 3.31. The number of rotatable bonds is 2. The highest BCUT2D eigenvalue weighted by Crippen LogP contribution is 2.35. The van der Waals surface area contributed by atoms with E-state index in [0.717, 1.165) is 23.9 Å². The Morgan fingerprint density at radius 1 is 1.11 bits per heavy atom. The summed E-state index contributed by atoms with van der Waals surface area (Å²) in [5, 5.41) is -0.293. The molecule has 0 N–H and O–H groups in total. The standard InChI is InChI=1S/C12H6ClF4NS/c13-10-5-7(12(15,16)17)6-11(18-10)19-9-4-2-1-3-8(9)14/h1-6H. The van der Waals surface area contributed by atoms with Gasteiger partial charge in [-0.05, 0) is 24.3 Å².